The van der Waals surface area contributed by atoms with Gasteiger partial charge in [0.15, 0.2) is 0 Å². The van der Waals surface area contributed by atoms with Crippen molar-refractivity contribution in [3.8, 4) is 5.75 Å². The first-order chi connectivity index (χ1) is 11.4. The Kier molecular flexibility index (Phi) is 5.77. The van der Waals surface area contributed by atoms with Gasteiger partial charge in [-0.25, -0.2) is 0 Å². The quantitative estimate of drug-likeness (QED) is 0.596. The van der Waals surface area contributed by atoms with Crippen LogP contribution in [0, 0.1) is 0 Å². The highest BCUT2D eigenvalue weighted by atomic mass is 35.5. The number of hydrogen-bond donors (Lipinski definition) is 0. The van der Waals surface area contributed by atoms with Gasteiger partial charge in [0.2, 0.25) is 5.24 Å². The van der Waals surface area contributed by atoms with E-state index in [0.29, 0.717) is 11.1 Å². The number of carboxylic acid groups (broad SMARTS) is 1. The summed E-state index contributed by atoms with van der Waals surface area (Å²) in [4.78, 5) is 22.4. The van der Waals surface area contributed by atoms with Gasteiger partial charge in [-0.15, -0.1) is 0 Å². The molecule has 0 aliphatic heterocycles. The minimum absolute atomic E-state index is 0.0787. The molecule has 1 atom stereocenters. The SMILES string of the molecule is C/C(=C\C(=O)Cl)c1ccc(OC(C)c2ccccc2)c(C(=O)[O-])c1. The van der Waals surface area contributed by atoms with E-state index in [4.69, 9.17) is 16.3 Å². The van der Waals surface area contributed by atoms with Crippen molar-refractivity contribution in [3.63, 3.8) is 0 Å². The fourth-order valence-electron chi connectivity index (χ4n) is 2.27. The van der Waals surface area contributed by atoms with Gasteiger partial charge < -0.3 is 14.6 Å². The lowest BCUT2D eigenvalue weighted by Gasteiger charge is -2.19. The van der Waals surface area contributed by atoms with Gasteiger partial charge in [0.1, 0.15) is 11.9 Å². The van der Waals surface area contributed by atoms with Crippen molar-refractivity contribution in [1.29, 1.82) is 0 Å². The summed E-state index contributed by atoms with van der Waals surface area (Å²) in [7, 11) is 0. The van der Waals surface area contributed by atoms with Crippen LogP contribution in [0.25, 0.3) is 5.57 Å². The molecule has 2 aromatic carbocycles. The molecule has 0 aliphatic rings. The lowest BCUT2D eigenvalue weighted by Crippen LogP contribution is -2.23. The van der Waals surface area contributed by atoms with E-state index >= 15 is 0 Å². The number of allylic oxidation sites excluding steroid dienone is 2. The molecule has 0 bridgehead atoms. The maximum Gasteiger partial charge on any atom is 0.245 e. The standard InChI is InChI=1S/C19H17ClO4/c1-12(10-18(20)21)15-8-9-17(16(11-15)19(22)23)24-13(2)14-6-4-3-5-7-14/h3-11,13H,1-2H3,(H,22,23)/p-1/b12-10+. The van der Waals surface area contributed by atoms with Gasteiger partial charge in [0.05, 0.1) is 5.97 Å². The van der Waals surface area contributed by atoms with E-state index in [1.807, 2.05) is 37.3 Å². The lowest BCUT2D eigenvalue weighted by molar-refractivity contribution is -0.255. The van der Waals surface area contributed by atoms with E-state index in [0.717, 1.165) is 5.56 Å². The minimum atomic E-state index is -1.35. The number of benzene rings is 2. The number of hydrogen-bond acceptors (Lipinski definition) is 4. The molecule has 0 saturated heterocycles. The van der Waals surface area contributed by atoms with E-state index in [2.05, 4.69) is 0 Å². The fraction of sp³-hybridized carbons (Fsp3) is 0.158. The Morgan fingerprint density at radius 3 is 2.42 bits per heavy atom. The number of carbonyl (C=O) groups is 2. The molecule has 0 amide bonds. The van der Waals surface area contributed by atoms with Crippen LogP contribution in [0.1, 0.15) is 41.4 Å². The number of carbonyl (C=O) groups excluding carboxylic acids is 2. The number of rotatable bonds is 6. The predicted octanol–water partition coefficient (Wildman–Crippen LogP) is 3.36. The average molecular weight is 344 g/mol. The molecular weight excluding hydrogens is 328 g/mol. The monoisotopic (exact) mass is 343 g/mol. The maximum absolute atomic E-state index is 11.4. The summed E-state index contributed by atoms with van der Waals surface area (Å²) < 4.78 is 5.78. The highest BCUT2D eigenvalue weighted by Crippen LogP contribution is 2.28. The second-order valence-electron chi connectivity index (χ2n) is 5.30. The van der Waals surface area contributed by atoms with Gasteiger partial charge in [-0.1, -0.05) is 36.4 Å². The van der Waals surface area contributed by atoms with Crippen LogP contribution in [0.5, 0.6) is 5.75 Å². The van der Waals surface area contributed by atoms with Gasteiger partial charge in [-0.05, 0) is 54.3 Å². The first kappa shape index (κ1) is 17.8. The number of carboxylic acids is 1. The van der Waals surface area contributed by atoms with Crippen molar-refractivity contribution in [3.05, 3.63) is 71.3 Å². The summed E-state index contributed by atoms with van der Waals surface area (Å²) in [6, 6.07) is 14.1. The Morgan fingerprint density at radius 2 is 1.83 bits per heavy atom. The predicted molar refractivity (Wildman–Crippen MR) is 90.8 cm³/mol. The zero-order valence-electron chi connectivity index (χ0n) is 13.3. The molecular formula is C19H16ClO4-. The van der Waals surface area contributed by atoms with Crippen LogP contribution < -0.4 is 9.84 Å². The smallest absolute Gasteiger partial charge is 0.245 e. The summed E-state index contributed by atoms with van der Waals surface area (Å²) in [5.41, 5.74) is 1.96. The number of ether oxygens (including phenoxy) is 1. The minimum Gasteiger partial charge on any atom is -0.545 e. The molecule has 2 aromatic rings. The third-order valence-electron chi connectivity index (χ3n) is 3.56. The second kappa shape index (κ2) is 7.79. The van der Waals surface area contributed by atoms with Crippen molar-refractivity contribution in [2.45, 2.75) is 20.0 Å². The molecule has 1 unspecified atom stereocenters. The van der Waals surface area contributed by atoms with Crippen LogP contribution in [0.15, 0.2) is 54.6 Å². The molecule has 2 rings (SSSR count). The van der Waals surface area contributed by atoms with Crippen LogP contribution in [0.4, 0.5) is 0 Å². The maximum atomic E-state index is 11.4. The van der Waals surface area contributed by atoms with Crippen molar-refractivity contribution < 1.29 is 19.4 Å². The third kappa shape index (κ3) is 4.46. The normalized spacial score (nSPS) is 12.5. The first-order valence-corrected chi connectivity index (χ1v) is 7.71. The van der Waals surface area contributed by atoms with Crippen molar-refractivity contribution in [2.75, 3.05) is 0 Å². The molecule has 24 heavy (non-hydrogen) atoms. The van der Waals surface area contributed by atoms with Crippen molar-refractivity contribution in [2.24, 2.45) is 0 Å². The number of halogens is 1. The zero-order valence-corrected chi connectivity index (χ0v) is 14.0. The summed E-state index contributed by atoms with van der Waals surface area (Å²) in [5.74, 6) is -1.14. The van der Waals surface area contributed by atoms with Crippen LogP contribution in [-0.2, 0) is 4.79 Å². The Morgan fingerprint density at radius 1 is 1.17 bits per heavy atom. The fourth-order valence-corrected chi connectivity index (χ4v) is 2.44. The summed E-state index contributed by atoms with van der Waals surface area (Å²) in [6.07, 6.45) is 0.902. The van der Waals surface area contributed by atoms with Crippen LogP contribution >= 0.6 is 11.6 Å². The van der Waals surface area contributed by atoms with Gasteiger partial charge >= 0.3 is 0 Å². The van der Waals surface area contributed by atoms with E-state index in [1.165, 1.54) is 12.1 Å². The van der Waals surface area contributed by atoms with E-state index in [-0.39, 0.29) is 17.4 Å². The summed E-state index contributed by atoms with van der Waals surface area (Å²) in [6.45, 7) is 3.50. The molecule has 0 saturated carbocycles. The average Bonchev–Trinajstić information content (AvgIpc) is 2.55. The Balaban J connectivity index is 2.34. The first-order valence-electron chi connectivity index (χ1n) is 7.33. The molecule has 5 heteroatoms. The topological polar surface area (TPSA) is 66.4 Å². The molecule has 0 spiro atoms. The second-order valence-corrected chi connectivity index (χ2v) is 5.67. The molecule has 0 aliphatic carbocycles. The van der Waals surface area contributed by atoms with Gasteiger partial charge in [0.25, 0.3) is 0 Å². The largest absolute Gasteiger partial charge is 0.545 e. The molecule has 0 heterocycles. The van der Waals surface area contributed by atoms with Gasteiger partial charge in [0, 0.05) is 11.6 Å². The summed E-state index contributed by atoms with van der Waals surface area (Å²) >= 11 is 5.32. The highest BCUT2D eigenvalue weighted by molar-refractivity contribution is 6.67. The molecule has 124 valence electrons. The van der Waals surface area contributed by atoms with Crippen LogP contribution in [0.3, 0.4) is 0 Å². The van der Waals surface area contributed by atoms with Crippen molar-refractivity contribution >= 4 is 28.4 Å². The molecule has 0 radical (unpaired) electrons. The molecule has 0 N–H and O–H groups in total. The van der Waals surface area contributed by atoms with Gasteiger partial charge in [-0.2, -0.15) is 0 Å². The van der Waals surface area contributed by atoms with E-state index in [9.17, 15) is 14.7 Å². The van der Waals surface area contributed by atoms with Crippen LogP contribution in [-0.4, -0.2) is 11.2 Å². The third-order valence-corrected chi connectivity index (χ3v) is 3.67. The van der Waals surface area contributed by atoms with E-state index < -0.39 is 11.2 Å². The van der Waals surface area contributed by atoms with Crippen LogP contribution in [0.2, 0.25) is 0 Å². The molecule has 4 nitrogen and oxygen atoms in total. The Labute approximate surface area is 145 Å². The zero-order chi connectivity index (χ0) is 17.7. The summed E-state index contributed by atoms with van der Waals surface area (Å²) in [5, 5.41) is 10.8. The highest BCUT2D eigenvalue weighted by Gasteiger charge is 2.12. The van der Waals surface area contributed by atoms with Gasteiger partial charge in [-0.3, -0.25) is 4.79 Å². The molecule has 0 fully saturated rings. The van der Waals surface area contributed by atoms with E-state index in [1.54, 1.807) is 19.1 Å². The Bertz CT molecular complexity index is 781. The van der Waals surface area contributed by atoms with Crippen molar-refractivity contribution in [1.82, 2.24) is 0 Å². The lowest BCUT2D eigenvalue weighted by atomic mass is 10.0. The molecule has 0 aromatic heterocycles. The Hall–Kier alpha value is -2.59. The number of aromatic carboxylic acids is 1.